The number of benzene rings is 1. The smallest absolute Gasteiger partial charge is 0.191 e. The number of halogens is 1. The molecule has 0 amide bonds. The molecular weight excluding hydrogens is 281 g/mol. The fraction of sp³-hybridized carbons (Fsp3) is 0.588. The van der Waals surface area contributed by atoms with Gasteiger partial charge in [-0.2, -0.15) is 0 Å². The Bertz CT molecular complexity index is 487. The molecule has 0 aromatic heterocycles. The third-order valence-corrected chi connectivity index (χ3v) is 4.00. The minimum absolute atomic E-state index is 0.0981. The molecule has 0 bridgehead atoms. The summed E-state index contributed by atoms with van der Waals surface area (Å²) in [6, 6.07) is 7.02. The highest BCUT2D eigenvalue weighted by Crippen LogP contribution is 2.18. The molecule has 0 heterocycles. The topological polar surface area (TPSA) is 45.7 Å². The van der Waals surface area contributed by atoms with Crippen molar-refractivity contribution >= 4 is 5.96 Å². The van der Waals surface area contributed by atoms with Crippen molar-refractivity contribution in [3.05, 3.63) is 30.1 Å². The van der Waals surface area contributed by atoms with Crippen molar-refractivity contribution in [2.75, 3.05) is 13.6 Å². The molecule has 1 unspecified atom stereocenters. The first kappa shape index (κ1) is 16.6. The first-order chi connectivity index (χ1) is 10.7. The van der Waals surface area contributed by atoms with Crippen LogP contribution in [0.4, 0.5) is 4.39 Å². The number of aliphatic imine (C=N–C) groups is 1. The van der Waals surface area contributed by atoms with Crippen molar-refractivity contribution in [1.82, 2.24) is 10.6 Å². The first-order valence-corrected chi connectivity index (χ1v) is 8.11. The number of nitrogens with one attached hydrogen (secondary N) is 2. The molecule has 1 aromatic carbocycles. The van der Waals surface area contributed by atoms with Crippen molar-refractivity contribution in [2.45, 2.75) is 51.2 Å². The van der Waals surface area contributed by atoms with Crippen LogP contribution >= 0.6 is 0 Å². The maximum Gasteiger partial charge on any atom is 0.191 e. The zero-order valence-corrected chi connectivity index (χ0v) is 13.4. The van der Waals surface area contributed by atoms with E-state index in [1.807, 2.05) is 6.92 Å². The van der Waals surface area contributed by atoms with Gasteiger partial charge in [-0.1, -0.05) is 31.9 Å². The fourth-order valence-electron chi connectivity index (χ4n) is 2.66. The Balaban J connectivity index is 1.83. The summed E-state index contributed by atoms with van der Waals surface area (Å²) in [5, 5.41) is 6.71. The summed E-state index contributed by atoms with van der Waals surface area (Å²) in [5.41, 5.74) is 0. The summed E-state index contributed by atoms with van der Waals surface area (Å²) in [4.78, 5) is 4.25. The molecule has 1 fully saturated rings. The van der Waals surface area contributed by atoms with Gasteiger partial charge in [-0.3, -0.25) is 4.99 Å². The van der Waals surface area contributed by atoms with E-state index in [-0.39, 0.29) is 11.9 Å². The summed E-state index contributed by atoms with van der Waals surface area (Å²) >= 11 is 0. The lowest BCUT2D eigenvalue weighted by atomic mass is 10.2. The Morgan fingerprint density at radius 2 is 2.09 bits per heavy atom. The van der Waals surface area contributed by atoms with E-state index in [4.69, 9.17) is 4.74 Å². The minimum Gasteiger partial charge on any atom is -0.486 e. The SMILES string of the molecule is CCC(CNC(=NC)NC1CCCC1)Oc1ccccc1F. The number of nitrogens with zero attached hydrogens (tertiary/aromatic N) is 1. The summed E-state index contributed by atoms with van der Waals surface area (Å²) < 4.78 is 19.4. The molecule has 1 saturated carbocycles. The minimum atomic E-state index is -0.325. The molecule has 122 valence electrons. The third-order valence-electron chi connectivity index (χ3n) is 4.00. The van der Waals surface area contributed by atoms with Gasteiger partial charge in [0.05, 0.1) is 6.54 Å². The second kappa shape index (κ2) is 8.61. The highest BCUT2D eigenvalue weighted by atomic mass is 19.1. The van der Waals surface area contributed by atoms with Crippen LogP contribution in [0.3, 0.4) is 0 Å². The summed E-state index contributed by atoms with van der Waals surface area (Å²) in [5.74, 6) is 0.770. The molecule has 1 atom stereocenters. The van der Waals surface area contributed by atoms with Gasteiger partial charge in [0.15, 0.2) is 17.5 Å². The normalized spacial score (nSPS) is 17.3. The lowest BCUT2D eigenvalue weighted by Crippen LogP contribution is -2.45. The second-order valence-corrected chi connectivity index (χ2v) is 5.66. The molecule has 5 heteroatoms. The predicted octanol–water partition coefficient (Wildman–Crippen LogP) is 3.09. The highest BCUT2D eigenvalue weighted by molar-refractivity contribution is 5.80. The Morgan fingerprint density at radius 1 is 1.36 bits per heavy atom. The molecule has 1 aliphatic rings. The van der Waals surface area contributed by atoms with Crippen molar-refractivity contribution in [1.29, 1.82) is 0 Å². The van der Waals surface area contributed by atoms with Gasteiger partial charge in [0.2, 0.25) is 0 Å². The highest BCUT2D eigenvalue weighted by Gasteiger charge is 2.17. The van der Waals surface area contributed by atoms with Crippen LogP contribution in [0.1, 0.15) is 39.0 Å². The molecule has 0 radical (unpaired) electrons. The van der Waals surface area contributed by atoms with E-state index in [0.29, 0.717) is 18.3 Å². The zero-order chi connectivity index (χ0) is 15.8. The van der Waals surface area contributed by atoms with Crippen LogP contribution in [0.15, 0.2) is 29.3 Å². The van der Waals surface area contributed by atoms with E-state index in [9.17, 15) is 4.39 Å². The Hall–Kier alpha value is -1.78. The Labute approximate surface area is 132 Å². The van der Waals surface area contributed by atoms with Gasteiger partial charge in [-0.15, -0.1) is 0 Å². The largest absolute Gasteiger partial charge is 0.486 e. The number of ether oxygens (including phenoxy) is 1. The van der Waals surface area contributed by atoms with E-state index in [2.05, 4.69) is 15.6 Å². The molecule has 4 nitrogen and oxygen atoms in total. The van der Waals surface area contributed by atoms with Gasteiger partial charge in [-0.25, -0.2) is 4.39 Å². The monoisotopic (exact) mass is 307 g/mol. The van der Waals surface area contributed by atoms with Crippen LogP contribution in [-0.2, 0) is 0 Å². The average molecular weight is 307 g/mol. The van der Waals surface area contributed by atoms with Crippen LogP contribution in [0.25, 0.3) is 0 Å². The lowest BCUT2D eigenvalue weighted by Gasteiger charge is -2.21. The van der Waals surface area contributed by atoms with Gasteiger partial charge < -0.3 is 15.4 Å². The van der Waals surface area contributed by atoms with Crippen LogP contribution in [0.2, 0.25) is 0 Å². The fourth-order valence-corrected chi connectivity index (χ4v) is 2.66. The predicted molar refractivity (Wildman–Crippen MR) is 87.9 cm³/mol. The van der Waals surface area contributed by atoms with Crippen molar-refractivity contribution < 1.29 is 9.13 Å². The first-order valence-electron chi connectivity index (χ1n) is 8.11. The molecule has 2 N–H and O–H groups in total. The van der Waals surface area contributed by atoms with Crippen LogP contribution in [-0.4, -0.2) is 31.7 Å². The van der Waals surface area contributed by atoms with Gasteiger partial charge in [-0.05, 0) is 31.4 Å². The number of para-hydroxylation sites is 1. The van der Waals surface area contributed by atoms with E-state index in [1.165, 1.54) is 31.7 Å². The van der Waals surface area contributed by atoms with E-state index in [0.717, 1.165) is 12.4 Å². The molecule has 0 aliphatic heterocycles. The summed E-state index contributed by atoms with van der Waals surface area (Å²) in [7, 11) is 1.77. The lowest BCUT2D eigenvalue weighted by molar-refractivity contribution is 0.191. The van der Waals surface area contributed by atoms with Crippen LogP contribution in [0.5, 0.6) is 5.75 Å². The number of hydrogen-bond donors (Lipinski definition) is 2. The molecule has 2 rings (SSSR count). The summed E-state index contributed by atoms with van der Waals surface area (Å²) in [6.45, 7) is 2.62. The Morgan fingerprint density at radius 3 is 2.73 bits per heavy atom. The van der Waals surface area contributed by atoms with Crippen LogP contribution < -0.4 is 15.4 Å². The van der Waals surface area contributed by atoms with Gasteiger partial charge in [0, 0.05) is 13.1 Å². The standard InChI is InChI=1S/C17H26FN3O/c1-3-14(22-16-11-7-6-10-15(16)18)12-20-17(19-2)21-13-8-4-5-9-13/h6-7,10-11,13-14H,3-5,8-9,12H2,1-2H3,(H2,19,20,21). The molecular formula is C17H26FN3O. The van der Waals surface area contributed by atoms with Crippen molar-refractivity contribution in [3.63, 3.8) is 0 Å². The molecule has 0 spiro atoms. The molecule has 1 aliphatic carbocycles. The van der Waals surface area contributed by atoms with E-state index in [1.54, 1.807) is 25.2 Å². The quantitative estimate of drug-likeness (QED) is 0.627. The average Bonchev–Trinajstić information content (AvgIpc) is 3.04. The van der Waals surface area contributed by atoms with Crippen molar-refractivity contribution in [3.8, 4) is 5.75 Å². The molecule has 0 saturated heterocycles. The zero-order valence-electron chi connectivity index (χ0n) is 13.4. The van der Waals surface area contributed by atoms with Crippen molar-refractivity contribution in [2.24, 2.45) is 4.99 Å². The maximum atomic E-state index is 13.6. The maximum absolute atomic E-state index is 13.6. The second-order valence-electron chi connectivity index (χ2n) is 5.66. The number of hydrogen-bond acceptors (Lipinski definition) is 2. The van der Waals surface area contributed by atoms with Gasteiger partial charge in [0.25, 0.3) is 0 Å². The van der Waals surface area contributed by atoms with E-state index >= 15 is 0 Å². The van der Waals surface area contributed by atoms with Crippen LogP contribution in [0, 0.1) is 5.82 Å². The van der Waals surface area contributed by atoms with Gasteiger partial charge in [0.1, 0.15) is 6.10 Å². The van der Waals surface area contributed by atoms with Gasteiger partial charge >= 0.3 is 0 Å². The Kier molecular flexibility index (Phi) is 6.49. The summed E-state index contributed by atoms with van der Waals surface area (Å²) in [6.07, 6.45) is 5.65. The number of rotatable bonds is 6. The molecule has 22 heavy (non-hydrogen) atoms. The molecule has 1 aromatic rings. The number of guanidine groups is 1. The third kappa shape index (κ3) is 4.90. The van der Waals surface area contributed by atoms with E-state index < -0.39 is 0 Å².